The number of hydrogen-bond acceptors (Lipinski definition) is 1. The SMILES string of the molecule is CC(C)CC(C)(C)C.CCCC(=O)O. The summed E-state index contributed by atoms with van der Waals surface area (Å²) in [5.41, 5.74) is 0.522. The molecule has 0 saturated heterocycles. The van der Waals surface area contributed by atoms with Crippen molar-refractivity contribution in [3.8, 4) is 0 Å². The largest absolute Gasteiger partial charge is 0.481 e. The molecular formula is C12H26O2. The Morgan fingerprint density at radius 1 is 1.29 bits per heavy atom. The second kappa shape index (κ2) is 7.84. The van der Waals surface area contributed by atoms with Gasteiger partial charge >= 0.3 is 5.97 Å². The molecule has 0 bridgehead atoms. The van der Waals surface area contributed by atoms with E-state index in [0.29, 0.717) is 11.8 Å². The van der Waals surface area contributed by atoms with Crippen molar-refractivity contribution in [1.82, 2.24) is 0 Å². The van der Waals surface area contributed by atoms with Crippen molar-refractivity contribution >= 4 is 5.97 Å². The highest BCUT2D eigenvalue weighted by Crippen LogP contribution is 2.23. The van der Waals surface area contributed by atoms with Gasteiger partial charge in [0.25, 0.3) is 0 Å². The normalized spacial score (nSPS) is 10.8. The minimum absolute atomic E-state index is 0.292. The highest BCUT2D eigenvalue weighted by atomic mass is 16.4. The minimum atomic E-state index is -0.711. The Morgan fingerprint density at radius 2 is 1.71 bits per heavy atom. The van der Waals surface area contributed by atoms with Gasteiger partial charge in [-0.2, -0.15) is 0 Å². The van der Waals surface area contributed by atoms with Gasteiger partial charge in [0.1, 0.15) is 0 Å². The van der Waals surface area contributed by atoms with Crippen molar-refractivity contribution in [2.75, 3.05) is 0 Å². The van der Waals surface area contributed by atoms with Gasteiger partial charge in [-0.05, 0) is 24.2 Å². The zero-order valence-electron chi connectivity index (χ0n) is 10.6. The van der Waals surface area contributed by atoms with Crippen molar-refractivity contribution in [2.45, 2.75) is 60.8 Å². The molecule has 0 saturated carbocycles. The van der Waals surface area contributed by atoms with E-state index in [2.05, 4.69) is 34.6 Å². The van der Waals surface area contributed by atoms with Crippen molar-refractivity contribution < 1.29 is 9.90 Å². The van der Waals surface area contributed by atoms with Crippen molar-refractivity contribution in [3.63, 3.8) is 0 Å². The van der Waals surface area contributed by atoms with Crippen LogP contribution in [0.1, 0.15) is 60.8 Å². The van der Waals surface area contributed by atoms with Crippen LogP contribution in [-0.2, 0) is 4.79 Å². The molecule has 0 aromatic carbocycles. The predicted octanol–water partition coefficient (Wildman–Crippen LogP) is 3.95. The van der Waals surface area contributed by atoms with Crippen LogP contribution in [0.3, 0.4) is 0 Å². The van der Waals surface area contributed by atoms with Gasteiger partial charge in [0.05, 0.1) is 0 Å². The van der Waals surface area contributed by atoms with E-state index < -0.39 is 5.97 Å². The van der Waals surface area contributed by atoms with Gasteiger partial charge < -0.3 is 5.11 Å². The molecule has 0 heterocycles. The first-order chi connectivity index (χ1) is 6.19. The van der Waals surface area contributed by atoms with E-state index in [1.165, 1.54) is 6.42 Å². The van der Waals surface area contributed by atoms with E-state index in [1.807, 2.05) is 6.92 Å². The molecule has 0 aromatic heterocycles. The first-order valence-electron chi connectivity index (χ1n) is 5.40. The van der Waals surface area contributed by atoms with Crippen LogP contribution < -0.4 is 0 Å². The molecule has 0 atom stereocenters. The number of hydrogen-bond donors (Lipinski definition) is 1. The van der Waals surface area contributed by atoms with Gasteiger partial charge in [0.15, 0.2) is 0 Å². The smallest absolute Gasteiger partial charge is 0.303 e. The predicted molar refractivity (Wildman–Crippen MR) is 61.5 cm³/mol. The number of carbonyl (C=O) groups is 1. The average molecular weight is 202 g/mol. The molecule has 86 valence electrons. The van der Waals surface area contributed by atoms with Crippen LogP contribution in [0, 0.1) is 11.3 Å². The molecule has 14 heavy (non-hydrogen) atoms. The molecular weight excluding hydrogens is 176 g/mol. The van der Waals surface area contributed by atoms with Crippen LogP contribution in [0.5, 0.6) is 0 Å². The molecule has 0 aliphatic heterocycles. The molecule has 0 aliphatic carbocycles. The summed E-state index contributed by atoms with van der Waals surface area (Å²) in [6, 6.07) is 0. The summed E-state index contributed by atoms with van der Waals surface area (Å²) in [6.07, 6.45) is 2.35. The van der Waals surface area contributed by atoms with Crippen molar-refractivity contribution in [2.24, 2.45) is 11.3 Å². The summed E-state index contributed by atoms with van der Waals surface area (Å²) in [6.45, 7) is 13.2. The molecule has 0 aromatic rings. The molecule has 2 heteroatoms. The number of rotatable bonds is 3. The van der Waals surface area contributed by atoms with Crippen molar-refractivity contribution in [3.05, 3.63) is 0 Å². The summed E-state index contributed by atoms with van der Waals surface area (Å²) in [4.78, 5) is 9.60. The van der Waals surface area contributed by atoms with Crippen LogP contribution in [-0.4, -0.2) is 11.1 Å². The maximum absolute atomic E-state index is 9.60. The molecule has 0 fully saturated rings. The Balaban J connectivity index is 0. The van der Waals surface area contributed by atoms with Gasteiger partial charge in [0, 0.05) is 6.42 Å². The first kappa shape index (κ1) is 15.9. The van der Waals surface area contributed by atoms with E-state index in [0.717, 1.165) is 12.3 Å². The molecule has 0 spiro atoms. The zero-order valence-corrected chi connectivity index (χ0v) is 10.6. The Hall–Kier alpha value is -0.530. The summed E-state index contributed by atoms with van der Waals surface area (Å²) >= 11 is 0. The molecule has 2 nitrogen and oxygen atoms in total. The molecule has 0 radical (unpaired) electrons. The zero-order chi connectivity index (χ0) is 11.8. The summed E-state index contributed by atoms with van der Waals surface area (Å²) in [5.74, 6) is 0.132. The average Bonchev–Trinajstić information content (AvgIpc) is 1.80. The third-order valence-corrected chi connectivity index (χ3v) is 1.48. The summed E-state index contributed by atoms with van der Waals surface area (Å²) in [5, 5.41) is 7.91. The number of aliphatic carboxylic acids is 1. The van der Waals surface area contributed by atoms with E-state index >= 15 is 0 Å². The van der Waals surface area contributed by atoms with Gasteiger partial charge in [-0.3, -0.25) is 4.79 Å². The van der Waals surface area contributed by atoms with Crippen LogP contribution in [0.15, 0.2) is 0 Å². The van der Waals surface area contributed by atoms with E-state index in [9.17, 15) is 4.79 Å². The fourth-order valence-electron chi connectivity index (χ4n) is 1.44. The maximum atomic E-state index is 9.60. The monoisotopic (exact) mass is 202 g/mol. The third kappa shape index (κ3) is 22.5. The lowest BCUT2D eigenvalue weighted by Crippen LogP contribution is -2.08. The number of carboxylic acids is 1. The Bertz CT molecular complexity index is 143. The van der Waals surface area contributed by atoms with Gasteiger partial charge in [0.2, 0.25) is 0 Å². The summed E-state index contributed by atoms with van der Waals surface area (Å²) < 4.78 is 0. The second-order valence-electron chi connectivity index (χ2n) is 5.30. The van der Waals surface area contributed by atoms with Crippen molar-refractivity contribution in [1.29, 1.82) is 0 Å². The molecule has 0 unspecified atom stereocenters. The quantitative estimate of drug-likeness (QED) is 0.752. The Labute approximate surface area is 88.7 Å². The molecule has 0 aliphatic rings. The minimum Gasteiger partial charge on any atom is -0.481 e. The standard InChI is InChI=1S/C8H18.C4H8O2/c1-7(2)6-8(3,4)5;1-2-3-4(5)6/h7H,6H2,1-5H3;2-3H2,1H3,(H,5,6). The Morgan fingerprint density at radius 3 is 1.71 bits per heavy atom. The molecule has 0 rings (SSSR count). The fourth-order valence-corrected chi connectivity index (χ4v) is 1.44. The van der Waals surface area contributed by atoms with Gasteiger partial charge in [-0.25, -0.2) is 0 Å². The third-order valence-electron chi connectivity index (χ3n) is 1.48. The van der Waals surface area contributed by atoms with Crippen LogP contribution in [0.25, 0.3) is 0 Å². The topological polar surface area (TPSA) is 37.3 Å². The molecule has 0 amide bonds. The second-order valence-corrected chi connectivity index (χ2v) is 5.30. The maximum Gasteiger partial charge on any atom is 0.303 e. The van der Waals surface area contributed by atoms with Gasteiger partial charge in [-0.1, -0.05) is 41.5 Å². The van der Waals surface area contributed by atoms with Crippen LogP contribution in [0.2, 0.25) is 0 Å². The lowest BCUT2D eigenvalue weighted by Gasteiger charge is -2.19. The highest BCUT2D eigenvalue weighted by Gasteiger charge is 2.11. The number of carboxylic acid groups (broad SMARTS) is 1. The Kier molecular flexibility index (Phi) is 8.91. The van der Waals surface area contributed by atoms with E-state index in [4.69, 9.17) is 5.11 Å². The highest BCUT2D eigenvalue weighted by molar-refractivity contribution is 5.66. The van der Waals surface area contributed by atoms with E-state index in [1.54, 1.807) is 0 Å². The first-order valence-corrected chi connectivity index (χ1v) is 5.40. The van der Waals surface area contributed by atoms with E-state index in [-0.39, 0.29) is 0 Å². The molecule has 1 N–H and O–H groups in total. The van der Waals surface area contributed by atoms with Gasteiger partial charge in [-0.15, -0.1) is 0 Å². The van der Waals surface area contributed by atoms with Crippen LogP contribution in [0.4, 0.5) is 0 Å². The van der Waals surface area contributed by atoms with Crippen LogP contribution >= 0.6 is 0 Å². The summed E-state index contributed by atoms with van der Waals surface area (Å²) in [7, 11) is 0. The fraction of sp³-hybridized carbons (Fsp3) is 0.917. The lowest BCUT2D eigenvalue weighted by molar-refractivity contribution is -0.137. The lowest BCUT2D eigenvalue weighted by atomic mass is 9.86.